The second-order valence-electron chi connectivity index (χ2n) is 4.76. The van der Waals surface area contributed by atoms with Crippen molar-refractivity contribution in [2.24, 2.45) is 0 Å². The zero-order valence-corrected chi connectivity index (χ0v) is 11.0. The van der Waals surface area contributed by atoms with E-state index in [-0.39, 0.29) is 11.9 Å². The van der Waals surface area contributed by atoms with Gasteiger partial charge >= 0.3 is 6.61 Å². The lowest BCUT2D eigenvalue weighted by molar-refractivity contribution is -0.0508. The van der Waals surface area contributed by atoms with Crippen molar-refractivity contribution in [1.29, 1.82) is 0 Å². The summed E-state index contributed by atoms with van der Waals surface area (Å²) in [6.07, 6.45) is 1.13. The summed E-state index contributed by atoms with van der Waals surface area (Å²) in [5, 5.41) is 0. The molecule has 0 saturated carbocycles. The van der Waals surface area contributed by atoms with Gasteiger partial charge < -0.3 is 9.47 Å². The van der Waals surface area contributed by atoms with E-state index < -0.39 is 6.61 Å². The highest BCUT2D eigenvalue weighted by Gasteiger charge is 2.17. The van der Waals surface area contributed by atoms with Crippen LogP contribution in [0.1, 0.15) is 18.9 Å². The molecule has 1 aromatic carbocycles. The summed E-state index contributed by atoms with van der Waals surface area (Å²) in [6, 6.07) is 6.95. The fourth-order valence-corrected chi connectivity index (χ4v) is 2.31. The molecule has 19 heavy (non-hydrogen) atoms. The Morgan fingerprint density at radius 1 is 1.42 bits per heavy atom. The molecule has 0 bridgehead atoms. The van der Waals surface area contributed by atoms with Crippen LogP contribution in [0, 0.1) is 0 Å². The number of hydrogen-bond acceptors (Lipinski definition) is 3. The molecule has 1 atom stereocenters. The molecule has 1 aliphatic rings. The minimum atomic E-state index is -2.78. The van der Waals surface area contributed by atoms with Gasteiger partial charge in [-0.3, -0.25) is 4.90 Å². The van der Waals surface area contributed by atoms with Gasteiger partial charge in [0.2, 0.25) is 0 Å². The Labute approximate surface area is 112 Å². The fourth-order valence-electron chi connectivity index (χ4n) is 2.31. The first-order valence-electron chi connectivity index (χ1n) is 6.52. The van der Waals surface area contributed by atoms with Gasteiger partial charge in [-0.15, -0.1) is 0 Å². The van der Waals surface area contributed by atoms with Crippen molar-refractivity contribution in [3.05, 3.63) is 29.8 Å². The number of para-hydroxylation sites is 1. The summed E-state index contributed by atoms with van der Waals surface area (Å²) in [5.41, 5.74) is 0.789. The van der Waals surface area contributed by atoms with Crippen LogP contribution in [0.3, 0.4) is 0 Å². The molecule has 1 saturated heterocycles. The number of benzene rings is 1. The molecule has 0 amide bonds. The molecule has 1 aromatic rings. The van der Waals surface area contributed by atoms with E-state index in [1.165, 1.54) is 0 Å². The van der Waals surface area contributed by atoms with E-state index in [1.54, 1.807) is 12.1 Å². The lowest BCUT2D eigenvalue weighted by atomic mass is 10.2. The van der Waals surface area contributed by atoms with E-state index in [0.717, 1.165) is 31.7 Å². The second kappa shape index (κ2) is 6.82. The first kappa shape index (κ1) is 14.2. The Balaban J connectivity index is 2.04. The average Bonchev–Trinajstić information content (AvgIpc) is 2.55. The van der Waals surface area contributed by atoms with Gasteiger partial charge in [0.25, 0.3) is 0 Å². The van der Waals surface area contributed by atoms with E-state index in [9.17, 15) is 8.78 Å². The van der Waals surface area contributed by atoms with Gasteiger partial charge in [-0.1, -0.05) is 18.2 Å². The van der Waals surface area contributed by atoms with Crippen molar-refractivity contribution in [2.75, 3.05) is 19.7 Å². The van der Waals surface area contributed by atoms with Crippen LogP contribution in [0.4, 0.5) is 8.78 Å². The Morgan fingerprint density at radius 2 is 2.21 bits per heavy atom. The monoisotopic (exact) mass is 271 g/mol. The van der Waals surface area contributed by atoms with Gasteiger partial charge in [0.05, 0.1) is 6.10 Å². The summed E-state index contributed by atoms with van der Waals surface area (Å²) in [6.45, 7) is 2.33. The molecule has 0 spiro atoms. The molecule has 3 nitrogen and oxygen atoms in total. The molecule has 1 heterocycles. The Morgan fingerprint density at radius 3 is 3.00 bits per heavy atom. The summed E-state index contributed by atoms with van der Waals surface area (Å²) < 4.78 is 34.8. The first-order valence-corrected chi connectivity index (χ1v) is 6.52. The zero-order valence-electron chi connectivity index (χ0n) is 11.0. The standard InChI is InChI=1S/C14H19F2NO2/c1-11-9-17(7-4-8-18-11)10-12-5-2-3-6-13(12)19-14(15)16/h2-3,5-6,11,14H,4,7-10H2,1H3/t11-/m1/s1. The number of alkyl halides is 2. The molecule has 0 aliphatic carbocycles. The molecule has 0 aromatic heterocycles. The van der Waals surface area contributed by atoms with Crippen LogP contribution in [0.2, 0.25) is 0 Å². The summed E-state index contributed by atoms with van der Waals surface area (Å²) >= 11 is 0. The smallest absolute Gasteiger partial charge is 0.387 e. The van der Waals surface area contributed by atoms with Gasteiger partial charge in [-0.05, 0) is 19.4 Å². The van der Waals surface area contributed by atoms with Crippen LogP contribution >= 0.6 is 0 Å². The maximum atomic E-state index is 12.4. The number of ether oxygens (including phenoxy) is 2. The van der Waals surface area contributed by atoms with Crippen molar-refractivity contribution in [3.8, 4) is 5.75 Å². The third-order valence-corrected chi connectivity index (χ3v) is 3.12. The Hall–Kier alpha value is -1.20. The third-order valence-electron chi connectivity index (χ3n) is 3.12. The molecule has 2 rings (SSSR count). The van der Waals surface area contributed by atoms with E-state index in [0.29, 0.717) is 6.54 Å². The number of rotatable bonds is 4. The molecule has 0 N–H and O–H groups in total. The van der Waals surface area contributed by atoms with Crippen LogP contribution in [0.5, 0.6) is 5.75 Å². The maximum Gasteiger partial charge on any atom is 0.387 e. The SMILES string of the molecule is C[C@@H]1CN(Cc2ccccc2OC(F)F)CCCO1. The van der Waals surface area contributed by atoms with Gasteiger partial charge in [0, 0.05) is 31.8 Å². The van der Waals surface area contributed by atoms with Gasteiger partial charge in [0.1, 0.15) is 5.75 Å². The second-order valence-corrected chi connectivity index (χ2v) is 4.76. The average molecular weight is 271 g/mol. The minimum Gasteiger partial charge on any atom is -0.434 e. The highest BCUT2D eigenvalue weighted by atomic mass is 19.3. The van der Waals surface area contributed by atoms with Crippen LogP contribution in [-0.2, 0) is 11.3 Å². The van der Waals surface area contributed by atoms with Crippen molar-refractivity contribution in [2.45, 2.75) is 32.6 Å². The molecular weight excluding hydrogens is 252 g/mol. The Kier molecular flexibility index (Phi) is 5.10. The van der Waals surface area contributed by atoms with E-state index in [4.69, 9.17) is 4.74 Å². The van der Waals surface area contributed by atoms with Crippen molar-refractivity contribution in [3.63, 3.8) is 0 Å². The van der Waals surface area contributed by atoms with Crippen LogP contribution < -0.4 is 4.74 Å². The number of halogens is 2. The maximum absolute atomic E-state index is 12.4. The third kappa shape index (κ3) is 4.44. The lowest BCUT2D eigenvalue weighted by Crippen LogP contribution is -2.30. The van der Waals surface area contributed by atoms with Crippen molar-refractivity contribution < 1.29 is 18.3 Å². The van der Waals surface area contributed by atoms with Gasteiger partial charge in [0.15, 0.2) is 0 Å². The van der Waals surface area contributed by atoms with Crippen LogP contribution in [0.25, 0.3) is 0 Å². The lowest BCUT2D eigenvalue weighted by Gasteiger charge is -2.23. The molecule has 1 aliphatic heterocycles. The Bertz CT molecular complexity index is 401. The summed E-state index contributed by atoms with van der Waals surface area (Å²) in [7, 11) is 0. The largest absolute Gasteiger partial charge is 0.434 e. The highest BCUT2D eigenvalue weighted by molar-refractivity contribution is 5.33. The summed E-state index contributed by atoms with van der Waals surface area (Å²) in [4.78, 5) is 2.21. The number of hydrogen-bond donors (Lipinski definition) is 0. The predicted octanol–water partition coefficient (Wildman–Crippen LogP) is 2.90. The zero-order chi connectivity index (χ0) is 13.7. The van der Waals surface area contributed by atoms with E-state index in [1.807, 2.05) is 19.1 Å². The molecular formula is C14H19F2NO2. The molecule has 106 valence electrons. The van der Waals surface area contributed by atoms with E-state index in [2.05, 4.69) is 9.64 Å². The van der Waals surface area contributed by atoms with Crippen molar-refractivity contribution >= 4 is 0 Å². The van der Waals surface area contributed by atoms with Gasteiger partial charge in [-0.2, -0.15) is 8.78 Å². The van der Waals surface area contributed by atoms with Crippen LogP contribution in [-0.4, -0.2) is 37.3 Å². The van der Waals surface area contributed by atoms with Crippen molar-refractivity contribution in [1.82, 2.24) is 4.90 Å². The topological polar surface area (TPSA) is 21.7 Å². The quantitative estimate of drug-likeness (QED) is 0.840. The fraction of sp³-hybridized carbons (Fsp3) is 0.571. The van der Waals surface area contributed by atoms with Crippen LogP contribution in [0.15, 0.2) is 24.3 Å². The molecule has 5 heteroatoms. The summed E-state index contributed by atoms with van der Waals surface area (Å²) in [5.74, 6) is 0.260. The first-order chi connectivity index (χ1) is 9.15. The molecule has 0 radical (unpaired) electrons. The number of nitrogens with zero attached hydrogens (tertiary/aromatic N) is 1. The minimum absolute atomic E-state index is 0.172. The van der Waals surface area contributed by atoms with Gasteiger partial charge in [-0.25, -0.2) is 0 Å². The normalized spacial score (nSPS) is 21.4. The molecule has 1 fully saturated rings. The predicted molar refractivity (Wildman–Crippen MR) is 68.4 cm³/mol. The molecule has 0 unspecified atom stereocenters. The van der Waals surface area contributed by atoms with E-state index >= 15 is 0 Å². The highest BCUT2D eigenvalue weighted by Crippen LogP contribution is 2.22.